The fourth-order valence-corrected chi connectivity index (χ4v) is 2.86. The van der Waals surface area contributed by atoms with Crippen LogP contribution in [0.2, 0.25) is 0 Å². The second-order valence-corrected chi connectivity index (χ2v) is 5.43. The highest BCUT2D eigenvalue weighted by Crippen LogP contribution is 2.42. The van der Waals surface area contributed by atoms with Crippen LogP contribution in [0.4, 0.5) is 8.78 Å². The minimum Gasteiger partial charge on any atom is -0.496 e. The standard InChI is InChI=1S/C15H21F2NO/c1-10-6-11(2)14(19-3)13(7-10)15(16,17)8-12-4-5-18-9-12/h6-7,12,18H,4-5,8-9H2,1-3H3. The van der Waals surface area contributed by atoms with Crippen molar-refractivity contribution < 1.29 is 13.5 Å². The van der Waals surface area contributed by atoms with Gasteiger partial charge in [0.15, 0.2) is 0 Å². The molecule has 19 heavy (non-hydrogen) atoms. The van der Waals surface area contributed by atoms with E-state index in [1.54, 1.807) is 6.07 Å². The van der Waals surface area contributed by atoms with Gasteiger partial charge in [0, 0.05) is 6.42 Å². The maximum Gasteiger partial charge on any atom is 0.277 e. The summed E-state index contributed by atoms with van der Waals surface area (Å²) in [5, 5.41) is 3.13. The lowest BCUT2D eigenvalue weighted by Gasteiger charge is -2.23. The smallest absolute Gasteiger partial charge is 0.277 e. The molecular weight excluding hydrogens is 248 g/mol. The summed E-state index contributed by atoms with van der Waals surface area (Å²) in [4.78, 5) is 0. The lowest BCUT2D eigenvalue weighted by molar-refractivity contribution is -0.0288. The zero-order valence-electron chi connectivity index (χ0n) is 11.7. The molecule has 1 heterocycles. The van der Waals surface area contributed by atoms with Crippen molar-refractivity contribution in [1.82, 2.24) is 5.32 Å². The van der Waals surface area contributed by atoms with E-state index in [1.807, 2.05) is 19.9 Å². The molecule has 106 valence electrons. The van der Waals surface area contributed by atoms with E-state index in [0.29, 0.717) is 12.3 Å². The first-order chi connectivity index (χ1) is 8.94. The number of hydrogen-bond donors (Lipinski definition) is 1. The van der Waals surface area contributed by atoms with Gasteiger partial charge in [-0.25, -0.2) is 8.78 Å². The number of aryl methyl sites for hydroxylation is 2. The van der Waals surface area contributed by atoms with E-state index in [9.17, 15) is 8.78 Å². The van der Waals surface area contributed by atoms with Gasteiger partial charge in [-0.15, -0.1) is 0 Å². The summed E-state index contributed by atoms with van der Waals surface area (Å²) >= 11 is 0. The van der Waals surface area contributed by atoms with Gasteiger partial charge < -0.3 is 10.1 Å². The lowest BCUT2D eigenvalue weighted by atomic mass is 9.92. The van der Waals surface area contributed by atoms with Crippen molar-refractivity contribution >= 4 is 0 Å². The summed E-state index contributed by atoms with van der Waals surface area (Å²) in [6.45, 7) is 5.17. The zero-order chi connectivity index (χ0) is 14.0. The van der Waals surface area contributed by atoms with Crippen LogP contribution < -0.4 is 10.1 Å². The van der Waals surface area contributed by atoms with Crippen molar-refractivity contribution in [1.29, 1.82) is 0 Å². The molecule has 2 rings (SSSR count). The van der Waals surface area contributed by atoms with Gasteiger partial charge in [-0.05, 0) is 50.9 Å². The van der Waals surface area contributed by atoms with Crippen molar-refractivity contribution in [2.24, 2.45) is 5.92 Å². The van der Waals surface area contributed by atoms with Gasteiger partial charge in [0.05, 0.1) is 12.7 Å². The Labute approximate surface area is 113 Å². The van der Waals surface area contributed by atoms with Crippen LogP contribution in [0.15, 0.2) is 12.1 Å². The number of methoxy groups -OCH3 is 1. The Bertz CT molecular complexity index is 454. The Morgan fingerprint density at radius 2 is 2.11 bits per heavy atom. The SMILES string of the molecule is COc1c(C)cc(C)cc1C(F)(F)CC1CCNC1. The normalized spacial score (nSPS) is 19.7. The number of halogens is 2. The van der Waals surface area contributed by atoms with Crippen molar-refractivity contribution in [2.75, 3.05) is 20.2 Å². The average Bonchev–Trinajstić information content (AvgIpc) is 2.80. The van der Waals surface area contributed by atoms with Crippen LogP contribution in [-0.2, 0) is 5.92 Å². The van der Waals surface area contributed by atoms with Crippen LogP contribution in [-0.4, -0.2) is 20.2 Å². The van der Waals surface area contributed by atoms with E-state index in [1.165, 1.54) is 7.11 Å². The molecule has 0 amide bonds. The minimum absolute atomic E-state index is 0.0272. The molecule has 0 bridgehead atoms. The molecule has 4 heteroatoms. The Morgan fingerprint density at radius 3 is 2.68 bits per heavy atom. The van der Waals surface area contributed by atoms with Crippen molar-refractivity contribution in [3.8, 4) is 5.75 Å². The van der Waals surface area contributed by atoms with Crippen LogP contribution in [0.3, 0.4) is 0 Å². The summed E-state index contributed by atoms with van der Waals surface area (Å²) in [5.74, 6) is -2.47. The Balaban J connectivity index is 2.32. The van der Waals surface area contributed by atoms with Gasteiger partial charge in [0.25, 0.3) is 5.92 Å². The van der Waals surface area contributed by atoms with Gasteiger partial charge in [-0.1, -0.05) is 11.6 Å². The number of nitrogens with one attached hydrogen (secondary N) is 1. The Hall–Kier alpha value is -1.16. The van der Waals surface area contributed by atoms with Crippen LogP contribution >= 0.6 is 0 Å². The second-order valence-electron chi connectivity index (χ2n) is 5.43. The third-order valence-corrected chi connectivity index (χ3v) is 3.72. The van der Waals surface area contributed by atoms with Crippen molar-refractivity contribution in [3.05, 3.63) is 28.8 Å². The summed E-state index contributed by atoms with van der Waals surface area (Å²) in [7, 11) is 1.45. The molecule has 1 atom stereocenters. The molecule has 1 saturated heterocycles. The Morgan fingerprint density at radius 1 is 1.37 bits per heavy atom. The van der Waals surface area contributed by atoms with E-state index in [-0.39, 0.29) is 17.9 Å². The van der Waals surface area contributed by atoms with Gasteiger partial charge in [0.2, 0.25) is 0 Å². The van der Waals surface area contributed by atoms with E-state index in [4.69, 9.17) is 4.74 Å². The molecule has 1 N–H and O–H groups in total. The summed E-state index contributed by atoms with van der Waals surface area (Å²) in [6, 6.07) is 3.42. The maximum atomic E-state index is 14.5. The molecule has 0 spiro atoms. The van der Waals surface area contributed by atoms with Crippen LogP contribution in [0.1, 0.15) is 29.5 Å². The molecule has 1 fully saturated rings. The largest absolute Gasteiger partial charge is 0.496 e. The molecule has 0 aliphatic carbocycles. The first-order valence-electron chi connectivity index (χ1n) is 6.68. The van der Waals surface area contributed by atoms with Crippen LogP contribution in [0.5, 0.6) is 5.75 Å². The highest BCUT2D eigenvalue weighted by molar-refractivity contribution is 5.46. The Kier molecular flexibility index (Phi) is 4.09. The third-order valence-electron chi connectivity index (χ3n) is 3.72. The molecule has 0 radical (unpaired) electrons. The average molecular weight is 269 g/mol. The molecule has 1 unspecified atom stereocenters. The van der Waals surface area contributed by atoms with Crippen LogP contribution in [0.25, 0.3) is 0 Å². The van der Waals surface area contributed by atoms with Crippen molar-refractivity contribution in [2.45, 2.75) is 32.6 Å². The van der Waals surface area contributed by atoms with E-state index >= 15 is 0 Å². The predicted octanol–water partition coefficient (Wildman–Crippen LogP) is 3.40. The first-order valence-corrected chi connectivity index (χ1v) is 6.68. The summed E-state index contributed by atoms with van der Waals surface area (Å²) in [5.41, 5.74) is 1.64. The molecule has 2 nitrogen and oxygen atoms in total. The van der Waals surface area contributed by atoms with E-state index in [2.05, 4.69) is 5.32 Å². The topological polar surface area (TPSA) is 21.3 Å². The molecule has 1 aliphatic heterocycles. The second kappa shape index (κ2) is 5.45. The highest BCUT2D eigenvalue weighted by Gasteiger charge is 2.38. The maximum absolute atomic E-state index is 14.5. The van der Waals surface area contributed by atoms with Crippen LogP contribution in [0, 0.1) is 19.8 Å². The number of rotatable bonds is 4. The van der Waals surface area contributed by atoms with E-state index in [0.717, 1.165) is 24.1 Å². The first kappa shape index (κ1) is 14.3. The molecule has 0 aromatic heterocycles. The molecule has 1 aromatic rings. The van der Waals surface area contributed by atoms with E-state index < -0.39 is 5.92 Å². The fourth-order valence-electron chi connectivity index (χ4n) is 2.86. The quantitative estimate of drug-likeness (QED) is 0.904. The van der Waals surface area contributed by atoms with Gasteiger partial charge in [-0.3, -0.25) is 0 Å². The molecular formula is C15H21F2NO. The summed E-state index contributed by atoms with van der Waals surface area (Å²) < 4.78 is 34.2. The van der Waals surface area contributed by atoms with Crippen molar-refractivity contribution in [3.63, 3.8) is 0 Å². The number of ether oxygens (including phenoxy) is 1. The molecule has 0 saturated carbocycles. The molecule has 1 aromatic carbocycles. The zero-order valence-corrected chi connectivity index (χ0v) is 11.7. The van der Waals surface area contributed by atoms with Gasteiger partial charge in [0.1, 0.15) is 5.75 Å². The van der Waals surface area contributed by atoms with Gasteiger partial charge in [-0.2, -0.15) is 0 Å². The van der Waals surface area contributed by atoms with Gasteiger partial charge >= 0.3 is 0 Å². The molecule has 1 aliphatic rings. The lowest BCUT2D eigenvalue weighted by Crippen LogP contribution is -2.21. The number of alkyl halides is 2. The highest BCUT2D eigenvalue weighted by atomic mass is 19.3. The fraction of sp³-hybridized carbons (Fsp3) is 0.600. The third kappa shape index (κ3) is 3.06. The summed E-state index contributed by atoms with van der Waals surface area (Å²) in [6.07, 6.45) is 0.710. The number of hydrogen-bond acceptors (Lipinski definition) is 2. The minimum atomic E-state index is -2.83. The predicted molar refractivity (Wildman–Crippen MR) is 72.0 cm³/mol. The monoisotopic (exact) mass is 269 g/mol. The number of benzene rings is 1.